The summed E-state index contributed by atoms with van der Waals surface area (Å²) >= 11 is 0. The summed E-state index contributed by atoms with van der Waals surface area (Å²) in [7, 11) is 1.38. The molecule has 0 aliphatic carbocycles. The van der Waals surface area contributed by atoms with E-state index in [0.717, 1.165) is 17.1 Å². The minimum atomic E-state index is -0.973. The fraction of sp³-hybridized carbons (Fsp3) is 0.462. The van der Waals surface area contributed by atoms with Crippen LogP contribution in [0.3, 0.4) is 0 Å². The second-order valence-corrected chi connectivity index (χ2v) is 4.60. The van der Waals surface area contributed by atoms with Crippen LogP contribution in [0.1, 0.15) is 21.3 Å². The van der Waals surface area contributed by atoms with Crippen molar-refractivity contribution in [2.75, 3.05) is 18.7 Å². The average molecular weight is 300 g/mol. The number of ether oxygens (including phenoxy) is 1. The summed E-state index contributed by atoms with van der Waals surface area (Å²) in [6.07, 6.45) is 0. The predicted molar refractivity (Wildman–Crippen MR) is 77.0 cm³/mol. The number of aliphatic hydroxyl groups excluding tert-OH is 1. The first kappa shape index (κ1) is 18.8. The van der Waals surface area contributed by atoms with Gasteiger partial charge in [-0.15, -0.1) is 0 Å². The maximum absolute atomic E-state index is 13.3. The number of hydrogen-bond acceptors (Lipinski definition) is 5. The van der Waals surface area contributed by atoms with Crippen LogP contribution < -0.4 is 15.1 Å². The number of benzene rings is 1. The van der Waals surface area contributed by atoms with Gasteiger partial charge >= 0.3 is 6.03 Å². The number of nitrogens with zero attached hydrogens (tertiary/aromatic N) is 2. The van der Waals surface area contributed by atoms with Gasteiger partial charge in [-0.05, 0) is 26.0 Å². The van der Waals surface area contributed by atoms with Gasteiger partial charge in [0.15, 0.2) is 0 Å². The first-order valence-corrected chi connectivity index (χ1v) is 5.83. The van der Waals surface area contributed by atoms with Crippen molar-refractivity contribution in [2.45, 2.75) is 26.9 Å². The molecule has 3 N–H and O–H groups in total. The Morgan fingerprint density at radius 1 is 1.57 bits per heavy atom. The van der Waals surface area contributed by atoms with Crippen molar-refractivity contribution in [1.29, 1.82) is 5.53 Å². The van der Waals surface area contributed by atoms with Crippen LogP contribution in [0, 0.1) is 11.3 Å². The molecular formula is C13H21FN4O3. The van der Waals surface area contributed by atoms with Crippen LogP contribution in [0.4, 0.5) is 14.9 Å². The van der Waals surface area contributed by atoms with E-state index in [1.807, 2.05) is 0 Å². The number of rotatable bonds is 5. The molecule has 0 aromatic heterocycles. The van der Waals surface area contributed by atoms with E-state index in [4.69, 9.17) is 10.3 Å². The SMILES string of the molecule is C.CNC(=O)N(N=N)c1ccc(F)cc1OC(C)(C)CO. The zero-order chi connectivity index (χ0) is 15.3. The van der Waals surface area contributed by atoms with Crippen LogP contribution >= 0.6 is 0 Å². The summed E-state index contributed by atoms with van der Waals surface area (Å²) in [5.41, 5.74) is 6.17. The van der Waals surface area contributed by atoms with E-state index in [1.54, 1.807) is 13.8 Å². The number of hydrogen-bond donors (Lipinski definition) is 3. The van der Waals surface area contributed by atoms with Gasteiger partial charge in [-0.3, -0.25) is 0 Å². The van der Waals surface area contributed by atoms with Gasteiger partial charge in [0.1, 0.15) is 22.9 Å². The summed E-state index contributed by atoms with van der Waals surface area (Å²) in [6, 6.07) is 2.78. The third kappa shape index (κ3) is 4.67. The van der Waals surface area contributed by atoms with Crippen LogP contribution in [-0.4, -0.2) is 30.4 Å². The minimum absolute atomic E-state index is 0. The molecule has 0 atom stereocenters. The van der Waals surface area contributed by atoms with Crippen molar-refractivity contribution in [3.05, 3.63) is 24.0 Å². The van der Waals surface area contributed by atoms with Gasteiger partial charge in [0, 0.05) is 13.1 Å². The number of urea groups is 1. The second kappa shape index (κ2) is 7.53. The van der Waals surface area contributed by atoms with Gasteiger partial charge in [0.05, 0.1) is 6.61 Å². The zero-order valence-electron chi connectivity index (χ0n) is 11.5. The van der Waals surface area contributed by atoms with Gasteiger partial charge in [-0.1, -0.05) is 12.6 Å². The van der Waals surface area contributed by atoms with Crippen LogP contribution in [0.5, 0.6) is 5.75 Å². The molecule has 0 aliphatic rings. The number of nitrogens with one attached hydrogen (secondary N) is 2. The Hall–Kier alpha value is -2.22. The van der Waals surface area contributed by atoms with Crippen LogP contribution in [-0.2, 0) is 0 Å². The van der Waals surface area contributed by atoms with Gasteiger partial charge in [0.2, 0.25) is 0 Å². The van der Waals surface area contributed by atoms with Crippen molar-refractivity contribution in [3.63, 3.8) is 0 Å². The molecule has 1 aromatic rings. The molecular weight excluding hydrogens is 279 g/mol. The van der Waals surface area contributed by atoms with E-state index in [9.17, 15) is 14.3 Å². The van der Waals surface area contributed by atoms with Gasteiger partial charge in [-0.25, -0.2) is 9.18 Å². The molecule has 0 aliphatic heterocycles. The van der Waals surface area contributed by atoms with Crippen LogP contribution in [0.15, 0.2) is 23.4 Å². The predicted octanol–water partition coefficient (Wildman–Crippen LogP) is 2.70. The van der Waals surface area contributed by atoms with Crippen LogP contribution in [0.25, 0.3) is 0 Å². The zero-order valence-corrected chi connectivity index (χ0v) is 11.5. The maximum atomic E-state index is 13.3. The molecule has 0 bridgehead atoms. The maximum Gasteiger partial charge on any atom is 0.343 e. The number of carbonyl (C=O) groups is 1. The highest BCUT2D eigenvalue weighted by molar-refractivity contribution is 5.92. The summed E-state index contributed by atoms with van der Waals surface area (Å²) in [5.74, 6) is -0.567. The number of carbonyl (C=O) groups excluding carboxylic acids is 1. The van der Waals surface area contributed by atoms with E-state index in [-0.39, 0.29) is 25.5 Å². The Morgan fingerprint density at radius 3 is 2.67 bits per heavy atom. The molecule has 0 fully saturated rings. The molecule has 2 amide bonds. The highest BCUT2D eigenvalue weighted by Gasteiger charge is 2.24. The summed E-state index contributed by atoms with van der Waals surface area (Å²) in [6.45, 7) is 2.90. The Labute approximate surface area is 123 Å². The molecule has 1 aromatic carbocycles. The lowest BCUT2D eigenvalue weighted by molar-refractivity contribution is 0.0414. The standard InChI is InChI=1S/C12H17FN4O3.CH4/c1-12(2,7-18)20-10-6-8(13)4-5-9(10)17(16-14)11(19)15-3;/h4-6,14,18H,7H2,1-3H3,(H,15,19);1H4. The van der Waals surface area contributed by atoms with Crippen molar-refractivity contribution in [3.8, 4) is 5.75 Å². The highest BCUT2D eigenvalue weighted by atomic mass is 19.1. The summed E-state index contributed by atoms with van der Waals surface area (Å²) < 4.78 is 18.8. The topological polar surface area (TPSA) is 98.0 Å². The molecule has 21 heavy (non-hydrogen) atoms. The molecule has 7 nitrogen and oxygen atoms in total. The van der Waals surface area contributed by atoms with E-state index in [1.165, 1.54) is 13.1 Å². The molecule has 0 heterocycles. The second-order valence-electron chi connectivity index (χ2n) is 4.60. The Balaban J connectivity index is 0.00000400. The fourth-order valence-corrected chi connectivity index (χ4v) is 1.39. The van der Waals surface area contributed by atoms with Gasteiger partial charge in [-0.2, -0.15) is 10.5 Å². The molecule has 0 unspecified atom stereocenters. The van der Waals surface area contributed by atoms with Crippen molar-refractivity contribution in [2.24, 2.45) is 5.22 Å². The van der Waals surface area contributed by atoms with E-state index < -0.39 is 17.4 Å². The third-order valence-electron chi connectivity index (χ3n) is 2.42. The van der Waals surface area contributed by atoms with Crippen LogP contribution in [0.2, 0.25) is 0 Å². The first-order valence-electron chi connectivity index (χ1n) is 5.83. The molecule has 0 saturated heterocycles. The minimum Gasteiger partial charge on any atom is -0.483 e. The number of aliphatic hydroxyl groups is 1. The highest BCUT2D eigenvalue weighted by Crippen LogP contribution is 2.32. The number of amides is 2. The van der Waals surface area contributed by atoms with E-state index in [0.29, 0.717) is 0 Å². The smallest absolute Gasteiger partial charge is 0.343 e. The third-order valence-corrected chi connectivity index (χ3v) is 2.42. The molecule has 0 spiro atoms. The lowest BCUT2D eigenvalue weighted by atomic mass is 10.1. The van der Waals surface area contributed by atoms with E-state index >= 15 is 0 Å². The first-order chi connectivity index (χ1) is 9.34. The lowest BCUT2D eigenvalue weighted by Crippen LogP contribution is -2.36. The van der Waals surface area contributed by atoms with Gasteiger partial charge < -0.3 is 15.2 Å². The molecule has 118 valence electrons. The number of anilines is 1. The molecule has 0 radical (unpaired) electrons. The lowest BCUT2D eigenvalue weighted by Gasteiger charge is -2.27. The normalized spacial score (nSPS) is 10.3. The van der Waals surface area contributed by atoms with Crippen molar-refractivity contribution >= 4 is 11.7 Å². The number of halogens is 1. The Morgan fingerprint density at radius 2 is 2.19 bits per heavy atom. The van der Waals surface area contributed by atoms with Gasteiger partial charge in [0.25, 0.3) is 0 Å². The molecule has 0 saturated carbocycles. The fourth-order valence-electron chi connectivity index (χ4n) is 1.39. The molecule has 1 rings (SSSR count). The Kier molecular flexibility index (Phi) is 6.74. The summed E-state index contributed by atoms with van der Waals surface area (Å²) in [4.78, 5) is 11.6. The average Bonchev–Trinajstić information content (AvgIpc) is 2.41. The molecule has 8 heteroatoms. The quantitative estimate of drug-likeness (QED) is 0.576. The van der Waals surface area contributed by atoms with E-state index in [2.05, 4.69) is 10.5 Å². The van der Waals surface area contributed by atoms with Crippen molar-refractivity contribution < 1.29 is 19.0 Å². The van der Waals surface area contributed by atoms with Crippen molar-refractivity contribution in [1.82, 2.24) is 5.32 Å². The summed E-state index contributed by atoms with van der Waals surface area (Å²) in [5, 5.41) is 15.3. The monoisotopic (exact) mass is 300 g/mol. The Bertz CT molecular complexity index is 508. The largest absolute Gasteiger partial charge is 0.483 e.